The molecule has 2 fully saturated rings. The summed E-state index contributed by atoms with van der Waals surface area (Å²) >= 11 is 0. The van der Waals surface area contributed by atoms with Gasteiger partial charge >= 0.3 is 5.97 Å². The van der Waals surface area contributed by atoms with Gasteiger partial charge in [-0.05, 0) is 49.1 Å². The summed E-state index contributed by atoms with van der Waals surface area (Å²) in [6.45, 7) is 9.05. The molecule has 1 atom stereocenters. The van der Waals surface area contributed by atoms with Gasteiger partial charge in [-0.25, -0.2) is 9.78 Å². The Hall–Kier alpha value is -2.13. The van der Waals surface area contributed by atoms with Crippen LogP contribution in [0.1, 0.15) is 54.7 Å². The van der Waals surface area contributed by atoms with E-state index in [1.807, 2.05) is 13.0 Å². The van der Waals surface area contributed by atoms with Gasteiger partial charge in [-0.1, -0.05) is 13.8 Å². The minimum Gasteiger partial charge on any atom is -0.465 e. The van der Waals surface area contributed by atoms with Gasteiger partial charge in [-0.3, -0.25) is 0 Å². The maximum atomic E-state index is 11.8. The summed E-state index contributed by atoms with van der Waals surface area (Å²) in [6, 6.07) is 3.71. The molecule has 3 rings (SSSR count). The number of hydrogen-bond acceptors (Lipinski definition) is 6. The molecule has 140 valence electrons. The fraction of sp³-hybridized carbons (Fsp3) is 0.650. The van der Waals surface area contributed by atoms with Gasteiger partial charge in [0.1, 0.15) is 11.9 Å². The molecule has 0 bridgehead atoms. The first kappa shape index (κ1) is 18.7. The highest BCUT2D eigenvalue weighted by molar-refractivity contribution is 5.92. The summed E-state index contributed by atoms with van der Waals surface area (Å²) in [5.41, 5.74) is 1.67. The van der Waals surface area contributed by atoms with E-state index in [-0.39, 0.29) is 11.3 Å². The van der Waals surface area contributed by atoms with Gasteiger partial charge in [-0.2, -0.15) is 5.26 Å². The lowest BCUT2D eigenvalue weighted by Crippen LogP contribution is -2.38. The summed E-state index contributed by atoms with van der Waals surface area (Å²) in [5, 5.41) is 9.33. The van der Waals surface area contributed by atoms with Crippen LogP contribution < -0.4 is 4.90 Å². The van der Waals surface area contributed by atoms with E-state index >= 15 is 0 Å². The molecule has 26 heavy (non-hydrogen) atoms. The molecule has 0 N–H and O–H groups in total. The zero-order chi connectivity index (χ0) is 18.9. The van der Waals surface area contributed by atoms with Crippen molar-refractivity contribution in [3.8, 4) is 6.07 Å². The third-order valence-electron chi connectivity index (χ3n) is 5.69. The molecule has 1 unspecified atom stereocenters. The highest BCUT2D eigenvalue weighted by Gasteiger charge is 2.45. The lowest BCUT2D eigenvalue weighted by Gasteiger charge is -2.33. The largest absolute Gasteiger partial charge is 0.465 e. The monoisotopic (exact) mass is 357 g/mol. The number of aryl methyl sites for hydroxylation is 1. The third-order valence-corrected chi connectivity index (χ3v) is 5.69. The number of pyridine rings is 1. The van der Waals surface area contributed by atoms with Crippen molar-refractivity contribution in [2.75, 3.05) is 31.7 Å². The van der Waals surface area contributed by atoms with Crippen molar-refractivity contribution in [3.63, 3.8) is 0 Å². The number of carbonyl (C=O) groups is 1. The standard InChI is InChI=1S/C20H27N3O3/c1-13-9-16(19(24)25-4)17(11-21)22-18(13)23-7-5-15(6-8-23)26-12-14-10-20(14,2)3/h9,14-15H,5-8,10,12H2,1-4H3. The van der Waals surface area contributed by atoms with Gasteiger partial charge in [0, 0.05) is 13.1 Å². The molecule has 0 spiro atoms. The summed E-state index contributed by atoms with van der Waals surface area (Å²) in [5.74, 6) is 0.947. The van der Waals surface area contributed by atoms with Crippen LogP contribution in [0.3, 0.4) is 0 Å². The van der Waals surface area contributed by atoms with Crippen LogP contribution in [0.2, 0.25) is 0 Å². The minimum atomic E-state index is -0.529. The van der Waals surface area contributed by atoms with Crippen molar-refractivity contribution < 1.29 is 14.3 Å². The molecule has 1 saturated heterocycles. The maximum Gasteiger partial charge on any atom is 0.340 e. The number of nitriles is 1. The normalized spacial score (nSPS) is 22.0. The quantitative estimate of drug-likeness (QED) is 0.754. The molecule has 1 aliphatic carbocycles. The number of hydrogen-bond donors (Lipinski definition) is 0. The Kier molecular flexibility index (Phi) is 5.19. The highest BCUT2D eigenvalue weighted by Crippen LogP contribution is 2.51. The van der Waals surface area contributed by atoms with E-state index < -0.39 is 5.97 Å². The molecule has 1 aromatic rings. The molecule has 6 heteroatoms. The van der Waals surface area contributed by atoms with E-state index in [4.69, 9.17) is 9.47 Å². The number of anilines is 1. The predicted octanol–water partition coefficient (Wildman–Crippen LogP) is 3.08. The van der Waals surface area contributed by atoms with Gasteiger partial charge < -0.3 is 14.4 Å². The maximum absolute atomic E-state index is 11.8. The van der Waals surface area contributed by atoms with Crippen LogP contribution in [0.5, 0.6) is 0 Å². The second-order valence-electron chi connectivity index (χ2n) is 8.04. The molecule has 0 radical (unpaired) electrons. The number of esters is 1. The second kappa shape index (κ2) is 7.24. The first-order valence-corrected chi connectivity index (χ1v) is 9.22. The number of nitrogens with zero attached hydrogens (tertiary/aromatic N) is 3. The van der Waals surface area contributed by atoms with E-state index in [0.717, 1.165) is 43.9 Å². The zero-order valence-corrected chi connectivity index (χ0v) is 16.0. The van der Waals surface area contributed by atoms with E-state index in [1.54, 1.807) is 6.07 Å². The Labute approximate surface area is 155 Å². The van der Waals surface area contributed by atoms with Crippen LogP contribution in [0.15, 0.2) is 6.07 Å². The number of ether oxygens (including phenoxy) is 2. The fourth-order valence-electron chi connectivity index (χ4n) is 3.62. The summed E-state index contributed by atoms with van der Waals surface area (Å²) in [4.78, 5) is 18.4. The van der Waals surface area contributed by atoms with Crippen LogP contribution in [-0.4, -0.2) is 43.9 Å². The summed E-state index contributed by atoms with van der Waals surface area (Å²) < 4.78 is 10.8. The smallest absolute Gasteiger partial charge is 0.340 e. The molecule has 2 aliphatic rings. The number of rotatable bonds is 5. The average Bonchev–Trinajstić information content (AvgIpc) is 3.26. The molecule has 0 aromatic carbocycles. The molecule has 2 heterocycles. The van der Waals surface area contributed by atoms with Crippen molar-refractivity contribution in [3.05, 3.63) is 22.9 Å². The molecule has 1 aliphatic heterocycles. The van der Waals surface area contributed by atoms with E-state index in [0.29, 0.717) is 17.4 Å². The van der Waals surface area contributed by atoms with Gasteiger partial charge in [0.15, 0.2) is 5.69 Å². The van der Waals surface area contributed by atoms with E-state index in [1.165, 1.54) is 13.5 Å². The van der Waals surface area contributed by atoms with Crippen LogP contribution in [-0.2, 0) is 9.47 Å². The van der Waals surface area contributed by atoms with Crippen molar-refractivity contribution in [1.29, 1.82) is 5.26 Å². The van der Waals surface area contributed by atoms with Crippen LogP contribution in [0, 0.1) is 29.6 Å². The molecule has 1 aromatic heterocycles. The Morgan fingerprint density at radius 1 is 1.42 bits per heavy atom. The topological polar surface area (TPSA) is 75.4 Å². The summed E-state index contributed by atoms with van der Waals surface area (Å²) in [7, 11) is 1.31. The molecule has 6 nitrogen and oxygen atoms in total. The lowest BCUT2D eigenvalue weighted by molar-refractivity contribution is 0.0259. The zero-order valence-electron chi connectivity index (χ0n) is 16.0. The minimum absolute atomic E-state index is 0.117. The SMILES string of the molecule is COC(=O)c1cc(C)c(N2CCC(OCC3CC3(C)C)CC2)nc1C#N. The molecule has 1 saturated carbocycles. The molecular formula is C20H27N3O3. The number of aromatic nitrogens is 1. The Morgan fingerprint density at radius 2 is 2.08 bits per heavy atom. The average molecular weight is 357 g/mol. The van der Waals surface area contributed by atoms with Crippen LogP contribution in [0.25, 0.3) is 0 Å². The Balaban J connectivity index is 1.62. The van der Waals surface area contributed by atoms with Crippen LogP contribution >= 0.6 is 0 Å². The lowest BCUT2D eigenvalue weighted by atomic mass is 10.1. The first-order valence-electron chi connectivity index (χ1n) is 9.22. The van der Waals surface area contributed by atoms with Gasteiger partial charge in [0.05, 0.1) is 25.4 Å². The molecule has 0 amide bonds. The van der Waals surface area contributed by atoms with E-state index in [9.17, 15) is 10.1 Å². The second-order valence-corrected chi connectivity index (χ2v) is 8.04. The number of piperidine rings is 1. The predicted molar refractivity (Wildman–Crippen MR) is 98.1 cm³/mol. The Morgan fingerprint density at radius 3 is 2.62 bits per heavy atom. The van der Waals surface area contributed by atoms with Gasteiger partial charge in [0.25, 0.3) is 0 Å². The summed E-state index contributed by atoms with van der Waals surface area (Å²) in [6.07, 6.45) is 3.47. The third kappa shape index (κ3) is 3.83. The van der Waals surface area contributed by atoms with Crippen molar-refractivity contribution >= 4 is 11.8 Å². The fourth-order valence-corrected chi connectivity index (χ4v) is 3.62. The van der Waals surface area contributed by atoms with Crippen molar-refractivity contribution in [1.82, 2.24) is 4.98 Å². The van der Waals surface area contributed by atoms with Gasteiger partial charge in [0.2, 0.25) is 0 Å². The molecular weight excluding hydrogens is 330 g/mol. The number of carbonyl (C=O) groups excluding carboxylic acids is 1. The van der Waals surface area contributed by atoms with Crippen LogP contribution in [0.4, 0.5) is 5.82 Å². The number of methoxy groups -OCH3 is 1. The first-order chi connectivity index (χ1) is 12.4. The van der Waals surface area contributed by atoms with Crippen molar-refractivity contribution in [2.45, 2.75) is 46.1 Å². The highest BCUT2D eigenvalue weighted by atomic mass is 16.5. The van der Waals surface area contributed by atoms with E-state index in [2.05, 4.69) is 23.7 Å². The Bertz CT molecular complexity index is 731. The van der Waals surface area contributed by atoms with Crippen molar-refractivity contribution in [2.24, 2.45) is 11.3 Å². The van der Waals surface area contributed by atoms with Gasteiger partial charge in [-0.15, -0.1) is 0 Å².